The number of primary amides is 1. The number of hydrogen-bond donors (Lipinski definition) is 1. The Kier molecular flexibility index (Phi) is 4.53. The summed E-state index contributed by atoms with van der Waals surface area (Å²) >= 11 is 0. The quantitative estimate of drug-likeness (QED) is 0.860. The standard InChI is InChI=1S/C20H26N4O2/c1-2-16(18(21)25)24-12-15-9-6-10-20(15,13-24)19-22-17(23-26-19)11-14-7-4-3-5-8-14/h3-5,7-8,15-16H,2,6,9-13H2,1H3,(H2,21,25)/t15-,16-,20-/m1/s1. The van der Waals surface area contributed by atoms with Crippen molar-refractivity contribution in [2.24, 2.45) is 11.7 Å². The molecule has 1 aliphatic carbocycles. The number of aromatic nitrogens is 2. The summed E-state index contributed by atoms with van der Waals surface area (Å²) in [4.78, 5) is 18.8. The van der Waals surface area contributed by atoms with Gasteiger partial charge in [-0.05, 0) is 30.7 Å². The molecule has 1 saturated carbocycles. The number of nitrogens with two attached hydrogens (primary N) is 1. The molecule has 0 bridgehead atoms. The summed E-state index contributed by atoms with van der Waals surface area (Å²) in [5, 5.41) is 4.24. The predicted octanol–water partition coefficient (Wildman–Crippen LogP) is 2.28. The van der Waals surface area contributed by atoms with E-state index in [1.54, 1.807) is 0 Å². The van der Waals surface area contributed by atoms with Crippen molar-refractivity contribution in [3.05, 3.63) is 47.6 Å². The fourth-order valence-corrected chi connectivity index (χ4v) is 4.86. The predicted molar refractivity (Wildman–Crippen MR) is 97.4 cm³/mol. The molecule has 1 aromatic heterocycles. The maximum atomic E-state index is 11.8. The van der Waals surface area contributed by atoms with E-state index in [1.807, 2.05) is 25.1 Å². The van der Waals surface area contributed by atoms with Crippen LogP contribution in [0.25, 0.3) is 0 Å². The lowest BCUT2D eigenvalue weighted by atomic mass is 9.80. The summed E-state index contributed by atoms with van der Waals surface area (Å²) in [5.41, 5.74) is 6.67. The first-order chi connectivity index (χ1) is 12.6. The molecule has 0 radical (unpaired) electrons. The van der Waals surface area contributed by atoms with E-state index in [4.69, 9.17) is 15.2 Å². The van der Waals surface area contributed by atoms with Crippen molar-refractivity contribution >= 4 is 5.91 Å². The molecule has 26 heavy (non-hydrogen) atoms. The highest BCUT2D eigenvalue weighted by atomic mass is 16.5. The molecule has 4 rings (SSSR count). The van der Waals surface area contributed by atoms with E-state index >= 15 is 0 Å². The molecule has 1 aromatic carbocycles. The lowest BCUT2D eigenvalue weighted by Crippen LogP contribution is -2.44. The summed E-state index contributed by atoms with van der Waals surface area (Å²) in [6.07, 6.45) is 4.76. The number of likely N-dealkylation sites (tertiary alicyclic amines) is 1. The van der Waals surface area contributed by atoms with Gasteiger partial charge in [-0.25, -0.2) is 0 Å². The van der Waals surface area contributed by atoms with Crippen LogP contribution in [0, 0.1) is 5.92 Å². The summed E-state index contributed by atoms with van der Waals surface area (Å²) < 4.78 is 5.74. The summed E-state index contributed by atoms with van der Waals surface area (Å²) in [5.74, 6) is 1.69. The Bertz CT molecular complexity index is 775. The minimum absolute atomic E-state index is 0.120. The van der Waals surface area contributed by atoms with Crippen molar-refractivity contribution in [3.63, 3.8) is 0 Å². The van der Waals surface area contributed by atoms with E-state index in [0.29, 0.717) is 12.3 Å². The van der Waals surface area contributed by atoms with Crippen LogP contribution in [0.5, 0.6) is 0 Å². The summed E-state index contributed by atoms with van der Waals surface area (Å²) in [6, 6.07) is 9.98. The lowest BCUT2D eigenvalue weighted by molar-refractivity contribution is -0.123. The molecule has 6 heteroatoms. The number of nitrogens with zero attached hydrogens (tertiary/aromatic N) is 3. The third-order valence-corrected chi connectivity index (χ3v) is 6.15. The second-order valence-corrected chi connectivity index (χ2v) is 7.68. The normalized spacial score (nSPS) is 26.7. The number of fused-ring (bicyclic) bond motifs is 1. The van der Waals surface area contributed by atoms with Gasteiger partial charge in [0.2, 0.25) is 11.8 Å². The van der Waals surface area contributed by atoms with Crippen LogP contribution < -0.4 is 5.73 Å². The van der Waals surface area contributed by atoms with Gasteiger partial charge in [0.1, 0.15) is 0 Å². The zero-order valence-corrected chi connectivity index (χ0v) is 15.2. The van der Waals surface area contributed by atoms with Gasteiger partial charge in [-0.2, -0.15) is 4.98 Å². The molecule has 3 atom stereocenters. The Hall–Kier alpha value is -2.21. The number of carbonyl (C=O) groups excluding carboxylic acids is 1. The SMILES string of the molecule is CC[C@H](C(N)=O)N1C[C@H]2CCC[C@@]2(c2nc(Cc3ccccc3)no2)C1. The van der Waals surface area contributed by atoms with E-state index in [9.17, 15) is 4.79 Å². The van der Waals surface area contributed by atoms with Crippen LogP contribution in [0.1, 0.15) is 49.9 Å². The van der Waals surface area contributed by atoms with Crippen molar-refractivity contribution in [3.8, 4) is 0 Å². The smallest absolute Gasteiger partial charge is 0.234 e. The first-order valence-corrected chi connectivity index (χ1v) is 9.53. The van der Waals surface area contributed by atoms with Crippen LogP contribution in [0.2, 0.25) is 0 Å². The number of benzene rings is 1. The molecule has 2 N–H and O–H groups in total. The summed E-state index contributed by atoms with van der Waals surface area (Å²) in [7, 11) is 0. The van der Waals surface area contributed by atoms with Crippen molar-refractivity contribution in [1.29, 1.82) is 0 Å². The molecule has 6 nitrogen and oxygen atoms in total. The minimum Gasteiger partial charge on any atom is -0.368 e. The summed E-state index contributed by atoms with van der Waals surface area (Å²) in [6.45, 7) is 3.69. The Labute approximate surface area is 153 Å². The van der Waals surface area contributed by atoms with Crippen LogP contribution in [0.4, 0.5) is 0 Å². The Balaban J connectivity index is 1.57. The number of carbonyl (C=O) groups is 1. The van der Waals surface area contributed by atoms with E-state index < -0.39 is 0 Å². The second-order valence-electron chi connectivity index (χ2n) is 7.68. The van der Waals surface area contributed by atoms with Crippen LogP contribution >= 0.6 is 0 Å². The Morgan fingerprint density at radius 2 is 2.23 bits per heavy atom. The van der Waals surface area contributed by atoms with Gasteiger partial charge in [0.15, 0.2) is 5.82 Å². The highest BCUT2D eigenvalue weighted by Crippen LogP contribution is 2.50. The largest absolute Gasteiger partial charge is 0.368 e. The van der Waals surface area contributed by atoms with E-state index in [1.165, 1.54) is 12.0 Å². The van der Waals surface area contributed by atoms with Crippen molar-refractivity contribution in [2.45, 2.75) is 50.5 Å². The van der Waals surface area contributed by atoms with Crippen LogP contribution in [0.15, 0.2) is 34.9 Å². The van der Waals surface area contributed by atoms with E-state index in [0.717, 1.165) is 44.1 Å². The van der Waals surface area contributed by atoms with Crippen LogP contribution in [0.3, 0.4) is 0 Å². The van der Waals surface area contributed by atoms with Gasteiger partial charge in [-0.1, -0.05) is 48.8 Å². The second kappa shape index (κ2) is 6.83. The zero-order valence-electron chi connectivity index (χ0n) is 15.2. The Morgan fingerprint density at radius 1 is 1.42 bits per heavy atom. The van der Waals surface area contributed by atoms with Gasteiger partial charge in [-0.3, -0.25) is 9.69 Å². The maximum Gasteiger partial charge on any atom is 0.234 e. The van der Waals surface area contributed by atoms with E-state index in [-0.39, 0.29) is 17.4 Å². The molecule has 138 valence electrons. The Morgan fingerprint density at radius 3 is 2.96 bits per heavy atom. The molecule has 0 unspecified atom stereocenters. The van der Waals surface area contributed by atoms with Crippen molar-refractivity contribution < 1.29 is 9.32 Å². The first kappa shape index (κ1) is 17.2. The molecule has 2 aliphatic rings. The molecule has 2 aromatic rings. The number of hydrogen-bond acceptors (Lipinski definition) is 5. The van der Waals surface area contributed by atoms with Gasteiger partial charge in [0.25, 0.3) is 0 Å². The van der Waals surface area contributed by atoms with E-state index in [2.05, 4.69) is 22.2 Å². The van der Waals surface area contributed by atoms with Gasteiger partial charge in [-0.15, -0.1) is 0 Å². The first-order valence-electron chi connectivity index (χ1n) is 9.53. The molecular formula is C20H26N4O2. The molecule has 2 fully saturated rings. The van der Waals surface area contributed by atoms with Crippen LogP contribution in [-0.2, 0) is 16.6 Å². The van der Waals surface area contributed by atoms with Gasteiger partial charge in [0, 0.05) is 19.5 Å². The zero-order chi connectivity index (χ0) is 18.1. The van der Waals surface area contributed by atoms with Crippen LogP contribution in [-0.4, -0.2) is 40.1 Å². The third-order valence-electron chi connectivity index (χ3n) is 6.15. The molecule has 1 aliphatic heterocycles. The van der Waals surface area contributed by atoms with Crippen molar-refractivity contribution in [1.82, 2.24) is 15.0 Å². The molecular weight excluding hydrogens is 328 g/mol. The average Bonchev–Trinajstić information content (AvgIpc) is 3.30. The molecule has 1 amide bonds. The number of rotatable bonds is 6. The highest BCUT2D eigenvalue weighted by Gasteiger charge is 2.55. The minimum atomic E-state index is -0.238. The van der Waals surface area contributed by atoms with Gasteiger partial charge < -0.3 is 10.3 Å². The molecule has 1 saturated heterocycles. The number of amides is 1. The topological polar surface area (TPSA) is 85.3 Å². The maximum absolute atomic E-state index is 11.8. The highest BCUT2D eigenvalue weighted by molar-refractivity contribution is 5.79. The molecule has 2 heterocycles. The third kappa shape index (κ3) is 2.92. The average molecular weight is 354 g/mol. The van der Waals surface area contributed by atoms with Gasteiger partial charge in [0.05, 0.1) is 11.5 Å². The van der Waals surface area contributed by atoms with Gasteiger partial charge >= 0.3 is 0 Å². The fourth-order valence-electron chi connectivity index (χ4n) is 4.86. The monoisotopic (exact) mass is 354 g/mol. The fraction of sp³-hybridized carbons (Fsp3) is 0.550. The lowest BCUT2D eigenvalue weighted by Gasteiger charge is -2.27. The molecule has 0 spiro atoms. The van der Waals surface area contributed by atoms with Crippen molar-refractivity contribution in [2.75, 3.05) is 13.1 Å².